The molecule has 1 unspecified atom stereocenters. The van der Waals surface area contributed by atoms with E-state index in [0.29, 0.717) is 0 Å². The number of ether oxygens (including phenoxy) is 2. The second kappa shape index (κ2) is 15.5. The molecule has 9 aromatic rings. The van der Waals surface area contributed by atoms with E-state index in [-0.39, 0.29) is 12.2 Å². The van der Waals surface area contributed by atoms with E-state index in [4.69, 9.17) is 19.4 Å². The first-order valence-electron chi connectivity index (χ1n) is 21.2. The zero-order chi connectivity index (χ0) is 42.0. The number of pyridine rings is 2. The summed E-state index contributed by atoms with van der Waals surface area (Å²) in [6.07, 6.45) is 3.74. The summed E-state index contributed by atoms with van der Waals surface area (Å²) < 4.78 is 12.3. The van der Waals surface area contributed by atoms with Gasteiger partial charge in [-0.1, -0.05) is 108 Å². The number of nitrogens with zero attached hydrogens (tertiary/aromatic N) is 3. The number of anilines is 3. The van der Waals surface area contributed by atoms with E-state index >= 15 is 0 Å². The van der Waals surface area contributed by atoms with Gasteiger partial charge in [0.2, 0.25) is 0 Å². The van der Waals surface area contributed by atoms with E-state index in [1.807, 2.05) is 49.6 Å². The molecule has 0 N–H and O–H groups in total. The quantitative estimate of drug-likeness (QED) is 0.106. The maximum absolute atomic E-state index is 6.14. The van der Waals surface area contributed by atoms with Gasteiger partial charge >= 0.3 is 0 Å². The Morgan fingerprint density at radius 3 is 1.95 bits per heavy atom. The van der Waals surface area contributed by atoms with Crippen LogP contribution < -0.4 is 35.1 Å². The van der Waals surface area contributed by atoms with E-state index in [9.17, 15) is 0 Å². The minimum absolute atomic E-state index is 0.0233. The highest BCUT2D eigenvalue weighted by molar-refractivity contribution is 8.05. The lowest BCUT2D eigenvalue weighted by atomic mass is 10.1. The fraction of sp³-hybridized carbons (Fsp3) is 0.111. The highest BCUT2D eigenvalue weighted by atomic mass is 32.2. The van der Waals surface area contributed by atoms with Gasteiger partial charge in [-0.2, -0.15) is 0 Å². The molecule has 0 aliphatic carbocycles. The third kappa shape index (κ3) is 6.39. The predicted octanol–water partition coefficient (Wildman–Crippen LogP) is 11.8. The van der Waals surface area contributed by atoms with Crippen molar-refractivity contribution in [1.82, 2.24) is 9.97 Å². The molecule has 0 radical (unpaired) electrons. The SMILES string of the molecule is CC(C)Oc1ccc(N(c2ccc([Si]3(c4ccccc4)c4ccccc4-c4c3ccc3c4Sc4ccccc4S3)cc2)c2cc3cc(OC(C)C)cnc3c3ncccc23)cc1. The van der Waals surface area contributed by atoms with Crippen LogP contribution in [0.25, 0.3) is 32.9 Å². The van der Waals surface area contributed by atoms with Crippen LogP contribution in [0.3, 0.4) is 0 Å². The van der Waals surface area contributed by atoms with Crippen LogP contribution in [-0.2, 0) is 0 Å². The maximum Gasteiger partial charge on any atom is 0.180 e. The summed E-state index contributed by atoms with van der Waals surface area (Å²) >= 11 is 3.81. The van der Waals surface area contributed by atoms with Crippen molar-refractivity contribution in [3.63, 3.8) is 0 Å². The Morgan fingerprint density at radius 2 is 1.19 bits per heavy atom. The first kappa shape index (κ1) is 38.6. The van der Waals surface area contributed by atoms with Gasteiger partial charge in [0.15, 0.2) is 8.07 Å². The van der Waals surface area contributed by atoms with Crippen molar-refractivity contribution < 1.29 is 9.47 Å². The molecule has 302 valence electrons. The molecule has 7 aromatic carbocycles. The maximum atomic E-state index is 6.14. The monoisotopic (exact) mass is 857 g/mol. The Morgan fingerprint density at radius 1 is 0.532 bits per heavy atom. The van der Waals surface area contributed by atoms with Crippen LogP contribution in [-0.4, -0.2) is 30.2 Å². The van der Waals surface area contributed by atoms with Crippen LogP contribution >= 0.6 is 23.5 Å². The van der Waals surface area contributed by atoms with Gasteiger partial charge in [-0.05, 0) is 138 Å². The molecule has 11 rings (SSSR count). The Balaban J connectivity index is 1.12. The van der Waals surface area contributed by atoms with E-state index in [1.165, 1.54) is 51.5 Å². The van der Waals surface area contributed by atoms with Crippen LogP contribution in [0.5, 0.6) is 11.5 Å². The molecule has 8 heteroatoms. The summed E-state index contributed by atoms with van der Waals surface area (Å²) in [6.45, 7) is 8.18. The molecule has 0 saturated carbocycles. The van der Waals surface area contributed by atoms with Crippen molar-refractivity contribution in [2.45, 2.75) is 59.5 Å². The van der Waals surface area contributed by atoms with Gasteiger partial charge in [0.1, 0.15) is 11.5 Å². The van der Waals surface area contributed by atoms with Gasteiger partial charge in [0.05, 0.1) is 35.1 Å². The number of hydrogen-bond acceptors (Lipinski definition) is 7. The number of rotatable bonds is 9. The third-order valence-corrected chi connectivity index (χ3v) is 19.2. The lowest BCUT2D eigenvalue weighted by Gasteiger charge is -2.33. The smallest absolute Gasteiger partial charge is 0.180 e. The number of benzene rings is 7. The number of hydrogen-bond donors (Lipinski definition) is 0. The first-order chi connectivity index (χ1) is 30.4. The molecule has 62 heavy (non-hydrogen) atoms. The minimum Gasteiger partial charge on any atom is -0.491 e. The Hall–Kier alpha value is -6.32. The predicted molar refractivity (Wildman–Crippen MR) is 261 cm³/mol. The van der Waals surface area contributed by atoms with E-state index in [1.54, 1.807) is 6.20 Å². The lowest BCUT2D eigenvalue weighted by molar-refractivity contribution is 0.242. The normalized spacial score (nSPS) is 15.0. The van der Waals surface area contributed by atoms with Gasteiger partial charge in [0.25, 0.3) is 0 Å². The van der Waals surface area contributed by atoms with Crippen LogP contribution in [0, 0.1) is 0 Å². The molecule has 0 spiro atoms. The molecule has 0 amide bonds. The van der Waals surface area contributed by atoms with Crippen molar-refractivity contribution >= 4 is 91.2 Å². The Labute approximate surface area is 371 Å². The lowest BCUT2D eigenvalue weighted by Crippen LogP contribution is -2.72. The van der Waals surface area contributed by atoms with Crippen LogP contribution in [0.15, 0.2) is 196 Å². The zero-order valence-electron chi connectivity index (χ0n) is 34.9. The van der Waals surface area contributed by atoms with E-state index in [2.05, 4.69) is 176 Å². The van der Waals surface area contributed by atoms with Crippen molar-refractivity contribution in [3.05, 3.63) is 176 Å². The molecule has 5 nitrogen and oxygen atoms in total. The minimum atomic E-state index is -2.81. The second-order valence-electron chi connectivity index (χ2n) is 16.4. The standard InChI is InChI=1S/C54H43N3O2S2Si/c1-34(2)58-39-24-20-37(21-25-39)57(45-32-36-31-40(59-35(3)4)33-56-52(36)53-43(45)16-12-30-55-53)38-22-26-42(27-23-38)62(41-13-6-5-7-14-41)49-19-11-8-15-44(49)51-50(62)29-28-48-54(51)61-47-18-10-9-17-46(47)60-48/h5-35H,1-4H3. The number of aromatic nitrogens is 2. The van der Waals surface area contributed by atoms with E-state index in [0.717, 1.165) is 50.4 Å². The Bertz CT molecular complexity index is 3160. The first-order valence-corrected chi connectivity index (χ1v) is 24.8. The topological polar surface area (TPSA) is 47.5 Å². The van der Waals surface area contributed by atoms with Gasteiger partial charge < -0.3 is 14.4 Å². The molecule has 0 fully saturated rings. The molecule has 0 bridgehead atoms. The number of fused-ring (bicyclic) bond motifs is 9. The van der Waals surface area contributed by atoms with Crippen molar-refractivity contribution in [1.29, 1.82) is 0 Å². The Kier molecular flexibility index (Phi) is 9.67. The summed E-state index contributed by atoms with van der Waals surface area (Å²) in [6, 6.07) is 60.4. The summed E-state index contributed by atoms with van der Waals surface area (Å²) in [4.78, 5) is 17.5. The fourth-order valence-corrected chi connectivity index (χ4v) is 17.0. The fourth-order valence-electron chi connectivity index (χ4n) is 9.37. The van der Waals surface area contributed by atoms with Crippen LogP contribution in [0.1, 0.15) is 27.7 Å². The molecule has 0 saturated heterocycles. The van der Waals surface area contributed by atoms with Gasteiger partial charge in [0, 0.05) is 47.9 Å². The van der Waals surface area contributed by atoms with Crippen molar-refractivity contribution in [2.75, 3.05) is 4.90 Å². The van der Waals surface area contributed by atoms with Crippen molar-refractivity contribution in [2.24, 2.45) is 0 Å². The molecular formula is C54H43N3O2S2Si. The van der Waals surface area contributed by atoms with Gasteiger partial charge in [-0.25, -0.2) is 0 Å². The average molecular weight is 858 g/mol. The molecule has 2 aliphatic heterocycles. The van der Waals surface area contributed by atoms with E-state index < -0.39 is 8.07 Å². The highest BCUT2D eigenvalue weighted by Gasteiger charge is 2.50. The van der Waals surface area contributed by atoms with Crippen LogP contribution in [0.4, 0.5) is 17.1 Å². The molecule has 2 aliphatic rings. The summed E-state index contributed by atoms with van der Waals surface area (Å²) in [7, 11) is -2.81. The molecular weight excluding hydrogens is 815 g/mol. The molecule has 2 aromatic heterocycles. The van der Waals surface area contributed by atoms with Crippen LogP contribution in [0.2, 0.25) is 0 Å². The summed E-state index contributed by atoms with van der Waals surface area (Å²) in [5.74, 6) is 1.57. The van der Waals surface area contributed by atoms with Gasteiger partial charge in [-0.3, -0.25) is 9.97 Å². The third-order valence-electron chi connectivity index (χ3n) is 11.7. The summed E-state index contributed by atoms with van der Waals surface area (Å²) in [5.41, 5.74) is 7.47. The highest BCUT2D eigenvalue weighted by Crippen LogP contribution is 2.52. The summed E-state index contributed by atoms with van der Waals surface area (Å²) in [5, 5.41) is 7.57. The van der Waals surface area contributed by atoms with Gasteiger partial charge in [-0.15, -0.1) is 0 Å². The molecule has 1 atom stereocenters. The second-order valence-corrected chi connectivity index (χ2v) is 22.2. The zero-order valence-corrected chi connectivity index (χ0v) is 37.5. The van der Waals surface area contributed by atoms with Crippen molar-refractivity contribution in [3.8, 4) is 22.6 Å². The largest absolute Gasteiger partial charge is 0.491 e. The average Bonchev–Trinajstić information content (AvgIpc) is 3.60. The molecule has 4 heterocycles.